The molecule has 0 amide bonds. The van der Waals surface area contributed by atoms with Gasteiger partial charge in [-0.1, -0.05) is 40.5 Å². The summed E-state index contributed by atoms with van der Waals surface area (Å²) in [6, 6.07) is 25.0. The molecule has 3 aromatic carbocycles. The van der Waals surface area contributed by atoms with Gasteiger partial charge in [0, 0.05) is 10.2 Å². The minimum absolute atomic E-state index is 0. The molecule has 6 heteroatoms. The molecule has 0 aromatic heterocycles. The minimum atomic E-state index is 0. The van der Waals surface area contributed by atoms with E-state index in [2.05, 4.69) is 98.9 Å². The smallest absolute Gasteiger partial charge is 0.171 e. The summed E-state index contributed by atoms with van der Waals surface area (Å²) in [5.41, 5.74) is 7.42. The molecule has 0 bridgehead atoms. The van der Waals surface area contributed by atoms with Crippen LogP contribution in [0.5, 0.6) is 5.75 Å². The van der Waals surface area contributed by atoms with Crippen molar-refractivity contribution in [1.29, 1.82) is 0 Å². The summed E-state index contributed by atoms with van der Waals surface area (Å²) < 4.78 is 0. The third-order valence-electron chi connectivity index (χ3n) is 6.28. The summed E-state index contributed by atoms with van der Waals surface area (Å²) >= 11 is 1.75. The van der Waals surface area contributed by atoms with Crippen molar-refractivity contribution in [1.82, 2.24) is 0 Å². The van der Waals surface area contributed by atoms with Crippen LogP contribution in [0.3, 0.4) is 0 Å². The Morgan fingerprint density at radius 3 is 1.35 bits per heavy atom. The van der Waals surface area contributed by atoms with Crippen LogP contribution in [0.15, 0.2) is 77.0 Å². The van der Waals surface area contributed by atoms with Gasteiger partial charge in [0.25, 0.3) is 0 Å². The molecule has 1 unspecified atom stereocenters. The van der Waals surface area contributed by atoms with Gasteiger partial charge >= 0.3 is 24.8 Å². The van der Waals surface area contributed by atoms with Crippen molar-refractivity contribution in [2.24, 2.45) is 5.92 Å². The monoisotopic (exact) mass is 641 g/mol. The van der Waals surface area contributed by atoms with Crippen LogP contribution >= 0.6 is 24.8 Å². The van der Waals surface area contributed by atoms with Crippen LogP contribution in [0.25, 0.3) is 0 Å². The van der Waals surface area contributed by atoms with E-state index in [0.717, 1.165) is 15.9 Å². The van der Waals surface area contributed by atoms with Gasteiger partial charge in [-0.15, -0.1) is 31.7 Å². The second-order valence-corrected chi connectivity index (χ2v) is 10.9. The van der Waals surface area contributed by atoms with Crippen molar-refractivity contribution in [3.8, 4) is 5.75 Å². The first kappa shape index (κ1) is 43.0. The molecule has 0 heterocycles. The van der Waals surface area contributed by atoms with Crippen LogP contribution in [0, 0.1) is 44.9 Å². The molecular formula is C34H43Cl2OSi2Ti-3. The quantitative estimate of drug-likeness (QED) is 0.195. The maximum absolute atomic E-state index is 10.0. The van der Waals surface area contributed by atoms with E-state index < -0.39 is 0 Å². The maximum Gasteiger partial charge on any atom is -0.171 e. The third-order valence-corrected chi connectivity index (χ3v) is 7.29. The van der Waals surface area contributed by atoms with Crippen molar-refractivity contribution >= 4 is 55.3 Å². The summed E-state index contributed by atoms with van der Waals surface area (Å²) in [7, 11) is 7.04. The zero-order valence-electron chi connectivity index (χ0n) is 25.3. The van der Waals surface area contributed by atoms with E-state index >= 15 is 0 Å². The molecule has 0 saturated heterocycles. The average Bonchev–Trinajstić information content (AvgIpc) is 3.14. The van der Waals surface area contributed by atoms with E-state index in [-0.39, 0.29) is 30.2 Å². The topological polar surface area (TPSA) is 20.2 Å². The van der Waals surface area contributed by atoms with Gasteiger partial charge in [-0.25, -0.2) is 10.8 Å². The molecule has 0 spiro atoms. The molecule has 1 nitrogen and oxygen atoms in total. The van der Waals surface area contributed by atoms with Gasteiger partial charge in [0.2, 0.25) is 0 Å². The van der Waals surface area contributed by atoms with Gasteiger partial charge in [0.1, 0.15) is 5.75 Å². The molecule has 0 fully saturated rings. The number of allylic oxidation sites excluding steroid dienone is 4. The second kappa shape index (κ2) is 22.2. The van der Waals surface area contributed by atoms with E-state index in [0.29, 0.717) is 11.7 Å². The number of phenolic OH excluding ortho intramolecular Hbond substituents is 1. The molecule has 0 aliphatic heterocycles. The largest absolute Gasteiger partial charge is 0.184 e. The Morgan fingerprint density at radius 1 is 0.750 bits per heavy atom. The number of hydrogen-bond acceptors (Lipinski definition) is 1. The number of rotatable bonds is 0. The molecular weight excluding hydrogens is 599 g/mol. The van der Waals surface area contributed by atoms with Crippen LogP contribution in [-0.4, -0.2) is 30.4 Å². The molecule has 1 N–H and O–H groups in total. The molecule has 3 aromatic rings. The number of phenols is 1. The van der Waals surface area contributed by atoms with E-state index in [1.807, 2.05) is 67.6 Å². The molecule has 1 atom stereocenters. The summed E-state index contributed by atoms with van der Waals surface area (Å²) in [6.07, 6.45) is 3.27. The molecule has 1 aliphatic carbocycles. The fourth-order valence-corrected chi connectivity index (χ4v) is 4.88. The fourth-order valence-electron chi connectivity index (χ4n) is 3.72. The van der Waals surface area contributed by atoms with E-state index in [1.54, 1.807) is 20.0 Å². The van der Waals surface area contributed by atoms with Gasteiger partial charge in [0.15, 0.2) is 0 Å². The Balaban J connectivity index is -0.000000470. The summed E-state index contributed by atoms with van der Waals surface area (Å²) in [5, 5.41) is 12.0. The first-order valence-corrected chi connectivity index (χ1v) is 14.7. The van der Waals surface area contributed by atoms with E-state index in [9.17, 15) is 5.11 Å². The third kappa shape index (κ3) is 14.4. The van der Waals surface area contributed by atoms with Crippen molar-refractivity contribution in [2.75, 3.05) is 0 Å². The van der Waals surface area contributed by atoms with Crippen molar-refractivity contribution in [3.05, 3.63) is 117 Å². The standard InChI is InChI=1S/C13H19OSi.C8H10Si.2C6H5.CH2.2ClH.Ti/c1-7-8(2)10(13(4,5)6)12(15)11(14)9(7)3;1-5-4-8(9)7(3)6(5)2;2*1-2-4-6-5-3-1;;;;/h14H,1-6H3;5H,1-3H3;2*1-5H;1H2;2*1H;/q;3*-1;;;;. The normalized spacial score (nSPS) is 13.1. The summed E-state index contributed by atoms with van der Waals surface area (Å²) in [4.78, 5) is 3.25. The molecule has 1 aliphatic rings. The van der Waals surface area contributed by atoms with Gasteiger partial charge < -0.3 is 5.11 Å². The van der Waals surface area contributed by atoms with Gasteiger partial charge in [-0.3, -0.25) is 6.08 Å². The Hall–Kier alpha value is -1.46. The molecule has 0 saturated carbocycles. The zero-order chi connectivity index (χ0) is 29.5. The number of hydrogen-bond donors (Lipinski definition) is 1. The van der Waals surface area contributed by atoms with Gasteiger partial charge in [-0.05, 0) is 53.6 Å². The predicted octanol–water partition coefficient (Wildman–Crippen LogP) is 8.02. The maximum atomic E-state index is 10.0. The SMILES string of the molecule is CC1=C(C)C(C)[C-]=C1[Si].Cc1c(C)c(O)c([Si])c(C(C)(C)C)c1C.Cl.Cl.[CH2]=[Ti].[c-]1ccccc1.[c-]1ccccc1. The fraction of sp³-hybridized carbons (Fsp3) is 0.324. The Labute approximate surface area is 275 Å². The number of halogens is 2. The van der Waals surface area contributed by atoms with E-state index in [4.69, 9.17) is 0 Å². The van der Waals surface area contributed by atoms with Crippen LogP contribution in [0.1, 0.15) is 63.8 Å². The molecule has 40 heavy (non-hydrogen) atoms. The summed E-state index contributed by atoms with van der Waals surface area (Å²) in [5.74, 6) is 0.886. The molecule has 4 rings (SSSR count). The zero-order valence-corrected chi connectivity index (χ0v) is 30.5. The first-order valence-electron chi connectivity index (χ1n) is 12.6. The van der Waals surface area contributed by atoms with Crippen LogP contribution in [0.2, 0.25) is 0 Å². The average molecular weight is 643 g/mol. The number of benzene rings is 3. The van der Waals surface area contributed by atoms with Gasteiger partial charge in [-0.2, -0.15) is 78.4 Å². The second-order valence-electron chi connectivity index (χ2n) is 9.93. The van der Waals surface area contributed by atoms with Crippen molar-refractivity contribution < 1.29 is 25.1 Å². The summed E-state index contributed by atoms with van der Waals surface area (Å²) in [6.45, 7) is 19.0. The first-order chi connectivity index (χ1) is 17.8. The van der Waals surface area contributed by atoms with E-state index in [1.165, 1.54) is 27.8 Å². The van der Waals surface area contributed by atoms with Gasteiger partial charge in [0.05, 0.1) is 10.2 Å². The van der Waals surface area contributed by atoms with Crippen molar-refractivity contribution in [2.45, 2.75) is 67.7 Å². The Bertz CT molecular complexity index is 1060. The molecule has 214 valence electrons. The predicted molar refractivity (Wildman–Crippen MR) is 179 cm³/mol. The number of aromatic hydroxyl groups is 1. The Kier molecular flexibility index (Phi) is 23.8. The van der Waals surface area contributed by atoms with Crippen molar-refractivity contribution in [3.63, 3.8) is 0 Å². The molecule has 6 radical (unpaired) electrons. The van der Waals surface area contributed by atoms with Crippen LogP contribution < -0.4 is 5.19 Å². The van der Waals surface area contributed by atoms with Crippen LogP contribution in [0.4, 0.5) is 0 Å². The Morgan fingerprint density at radius 2 is 1.15 bits per heavy atom. The van der Waals surface area contributed by atoms with Crippen LogP contribution in [-0.2, 0) is 25.4 Å². The minimum Gasteiger partial charge on any atom is -0.184 e.